The summed E-state index contributed by atoms with van der Waals surface area (Å²) >= 11 is 5.93. The first-order chi connectivity index (χ1) is 8.74. The molecule has 96 valence electrons. The third-order valence-electron chi connectivity index (χ3n) is 3.25. The van der Waals surface area contributed by atoms with Gasteiger partial charge in [0.25, 0.3) is 0 Å². The SMILES string of the molecule is N#CC[C@@H](c1cccc(Cl)c1O)N1CCNCC1. The monoisotopic (exact) mass is 265 g/mol. The van der Waals surface area contributed by atoms with Crippen molar-refractivity contribution in [2.24, 2.45) is 0 Å². The zero-order valence-corrected chi connectivity index (χ0v) is 10.8. The van der Waals surface area contributed by atoms with Gasteiger partial charge in [-0.1, -0.05) is 23.7 Å². The van der Waals surface area contributed by atoms with Crippen molar-refractivity contribution in [3.63, 3.8) is 0 Å². The minimum Gasteiger partial charge on any atom is -0.506 e. The van der Waals surface area contributed by atoms with Crippen molar-refractivity contribution in [3.05, 3.63) is 28.8 Å². The Morgan fingerprint density at radius 1 is 1.44 bits per heavy atom. The molecule has 1 fully saturated rings. The molecule has 0 aliphatic carbocycles. The summed E-state index contributed by atoms with van der Waals surface area (Å²) in [5.74, 6) is 0.0953. The number of benzene rings is 1. The number of rotatable bonds is 3. The van der Waals surface area contributed by atoms with Crippen molar-refractivity contribution in [2.75, 3.05) is 26.2 Å². The highest BCUT2D eigenvalue weighted by Gasteiger charge is 2.24. The molecule has 0 aromatic heterocycles. The van der Waals surface area contributed by atoms with Crippen LogP contribution in [0.3, 0.4) is 0 Å². The fraction of sp³-hybridized carbons (Fsp3) is 0.462. The molecule has 1 heterocycles. The summed E-state index contributed by atoms with van der Waals surface area (Å²) in [4.78, 5) is 2.21. The second-order valence-corrected chi connectivity index (χ2v) is 4.75. The van der Waals surface area contributed by atoms with Crippen molar-refractivity contribution < 1.29 is 5.11 Å². The van der Waals surface area contributed by atoms with E-state index in [0.29, 0.717) is 11.4 Å². The van der Waals surface area contributed by atoms with Gasteiger partial charge in [-0.3, -0.25) is 4.90 Å². The van der Waals surface area contributed by atoms with E-state index in [0.717, 1.165) is 31.7 Å². The molecule has 0 saturated carbocycles. The molecule has 0 bridgehead atoms. The Kier molecular flexibility index (Phi) is 4.43. The standard InChI is InChI=1S/C13H16ClN3O/c14-11-3-1-2-10(13(11)18)12(4-5-15)17-8-6-16-7-9-17/h1-3,12,16,18H,4,6-9H2/t12-/m0/s1. The maximum Gasteiger partial charge on any atom is 0.138 e. The Morgan fingerprint density at radius 3 is 2.83 bits per heavy atom. The molecule has 2 N–H and O–H groups in total. The number of phenols is 1. The number of hydrogen-bond acceptors (Lipinski definition) is 4. The van der Waals surface area contributed by atoms with Crippen LogP contribution >= 0.6 is 11.6 Å². The maximum absolute atomic E-state index is 10.0. The Hall–Kier alpha value is -1.28. The van der Waals surface area contributed by atoms with Crippen molar-refractivity contribution >= 4 is 11.6 Å². The van der Waals surface area contributed by atoms with Crippen LogP contribution in [-0.2, 0) is 0 Å². The molecular formula is C13H16ClN3O. The normalized spacial score (nSPS) is 18.2. The second-order valence-electron chi connectivity index (χ2n) is 4.34. The molecule has 0 unspecified atom stereocenters. The summed E-state index contributed by atoms with van der Waals surface area (Å²) in [6.07, 6.45) is 0.355. The summed E-state index contributed by atoms with van der Waals surface area (Å²) < 4.78 is 0. The summed E-state index contributed by atoms with van der Waals surface area (Å²) in [5, 5.41) is 22.6. The summed E-state index contributed by atoms with van der Waals surface area (Å²) in [6.45, 7) is 3.56. The van der Waals surface area contributed by atoms with Crippen molar-refractivity contribution in [3.8, 4) is 11.8 Å². The molecule has 4 nitrogen and oxygen atoms in total. The zero-order chi connectivity index (χ0) is 13.0. The molecule has 1 aliphatic heterocycles. The number of nitrogens with one attached hydrogen (secondary N) is 1. The first-order valence-electron chi connectivity index (χ1n) is 6.03. The highest BCUT2D eigenvalue weighted by Crippen LogP contribution is 2.35. The molecule has 18 heavy (non-hydrogen) atoms. The van der Waals surface area contributed by atoms with Crippen LogP contribution in [0, 0.1) is 11.3 Å². The quantitative estimate of drug-likeness (QED) is 0.877. The minimum absolute atomic E-state index is 0.0872. The highest BCUT2D eigenvalue weighted by molar-refractivity contribution is 6.32. The Morgan fingerprint density at radius 2 is 2.17 bits per heavy atom. The van der Waals surface area contributed by atoms with E-state index in [1.165, 1.54) is 0 Å². The molecule has 1 aliphatic rings. The lowest BCUT2D eigenvalue weighted by atomic mass is 10.0. The smallest absolute Gasteiger partial charge is 0.138 e. The maximum atomic E-state index is 10.0. The number of hydrogen-bond donors (Lipinski definition) is 2. The number of para-hydroxylation sites is 1. The first kappa shape index (κ1) is 13.2. The molecular weight excluding hydrogens is 250 g/mol. The first-order valence-corrected chi connectivity index (χ1v) is 6.41. The lowest BCUT2D eigenvalue weighted by molar-refractivity contribution is 0.173. The Balaban J connectivity index is 2.28. The molecule has 2 rings (SSSR count). The van der Waals surface area contributed by atoms with Crippen molar-refractivity contribution in [1.29, 1.82) is 5.26 Å². The molecule has 1 aromatic carbocycles. The van der Waals surface area contributed by atoms with Crippen LogP contribution in [0.5, 0.6) is 5.75 Å². The van der Waals surface area contributed by atoms with Crippen LogP contribution < -0.4 is 5.32 Å². The van der Waals surface area contributed by atoms with E-state index in [-0.39, 0.29) is 11.8 Å². The van der Waals surface area contributed by atoms with Gasteiger partial charge in [-0.2, -0.15) is 5.26 Å². The van der Waals surface area contributed by atoms with E-state index in [9.17, 15) is 5.11 Å². The molecule has 5 heteroatoms. The van der Waals surface area contributed by atoms with Gasteiger partial charge < -0.3 is 10.4 Å². The molecule has 0 radical (unpaired) electrons. The average molecular weight is 266 g/mol. The zero-order valence-electron chi connectivity index (χ0n) is 10.1. The Labute approximate surface area is 112 Å². The van der Waals surface area contributed by atoms with Crippen LogP contribution in [0.4, 0.5) is 0 Å². The lowest BCUT2D eigenvalue weighted by Crippen LogP contribution is -2.45. The van der Waals surface area contributed by atoms with Gasteiger partial charge in [0.05, 0.1) is 23.6 Å². The van der Waals surface area contributed by atoms with Gasteiger partial charge in [-0.05, 0) is 6.07 Å². The Bertz CT molecular complexity index is 452. The fourth-order valence-electron chi connectivity index (χ4n) is 2.32. The van der Waals surface area contributed by atoms with Crippen LogP contribution in [0.1, 0.15) is 18.0 Å². The summed E-state index contributed by atoms with van der Waals surface area (Å²) in [7, 11) is 0. The fourth-order valence-corrected chi connectivity index (χ4v) is 2.50. The predicted molar refractivity (Wildman–Crippen MR) is 70.5 cm³/mol. The van der Waals surface area contributed by atoms with E-state index in [4.69, 9.17) is 16.9 Å². The number of halogens is 1. The van der Waals surface area contributed by atoms with Crippen molar-refractivity contribution in [1.82, 2.24) is 10.2 Å². The van der Waals surface area contributed by atoms with E-state index in [1.54, 1.807) is 6.07 Å². The van der Waals surface area contributed by atoms with Gasteiger partial charge in [0.15, 0.2) is 0 Å². The van der Waals surface area contributed by atoms with E-state index in [1.807, 2.05) is 12.1 Å². The van der Waals surface area contributed by atoms with E-state index in [2.05, 4.69) is 16.3 Å². The predicted octanol–water partition coefficient (Wildman–Crippen LogP) is 1.91. The van der Waals surface area contributed by atoms with Gasteiger partial charge in [0, 0.05) is 31.7 Å². The van der Waals surface area contributed by atoms with Gasteiger partial charge in [-0.25, -0.2) is 0 Å². The number of piperazine rings is 1. The summed E-state index contributed by atoms with van der Waals surface area (Å²) in [5.41, 5.74) is 0.742. The molecule has 0 amide bonds. The average Bonchev–Trinajstić information content (AvgIpc) is 2.41. The number of nitrogens with zero attached hydrogens (tertiary/aromatic N) is 2. The summed E-state index contributed by atoms with van der Waals surface area (Å²) in [6, 6.07) is 7.41. The van der Waals surface area contributed by atoms with Gasteiger partial charge in [-0.15, -0.1) is 0 Å². The lowest BCUT2D eigenvalue weighted by Gasteiger charge is -2.34. The van der Waals surface area contributed by atoms with Crippen LogP contribution in [-0.4, -0.2) is 36.2 Å². The highest BCUT2D eigenvalue weighted by atomic mass is 35.5. The van der Waals surface area contributed by atoms with E-state index >= 15 is 0 Å². The molecule has 1 saturated heterocycles. The number of aromatic hydroxyl groups is 1. The van der Waals surface area contributed by atoms with Gasteiger partial charge in [0.1, 0.15) is 5.75 Å². The second kappa shape index (κ2) is 6.05. The van der Waals surface area contributed by atoms with Crippen LogP contribution in [0.2, 0.25) is 5.02 Å². The van der Waals surface area contributed by atoms with Gasteiger partial charge in [0.2, 0.25) is 0 Å². The largest absolute Gasteiger partial charge is 0.506 e. The third kappa shape index (κ3) is 2.75. The van der Waals surface area contributed by atoms with E-state index < -0.39 is 0 Å². The van der Waals surface area contributed by atoms with Gasteiger partial charge >= 0.3 is 0 Å². The van der Waals surface area contributed by atoms with Crippen LogP contribution in [0.25, 0.3) is 0 Å². The minimum atomic E-state index is -0.0872. The van der Waals surface area contributed by atoms with Crippen LogP contribution in [0.15, 0.2) is 18.2 Å². The molecule has 1 aromatic rings. The third-order valence-corrected chi connectivity index (χ3v) is 3.56. The number of phenolic OH excluding ortho intramolecular Hbond substituents is 1. The number of nitriles is 1. The van der Waals surface area contributed by atoms with Crippen molar-refractivity contribution in [2.45, 2.75) is 12.5 Å². The topological polar surface area (TPSA) is 59.3 Å². The molecule has 0 spiro atoms. The molecule has 1 atom stereocenters.